The van der Waals surface area contributed by atoms with E-state index in [1.165, 1.54) is 0 Å². The smallest absolute Gasteiger partial charge is 0.337 e. The molecular formula is C19H13NO6. The lowest BCUT2D eigenvalue weighted by atomic mass is 9.81. The van der Waals surface area contributed by atoms with E-state index in [-0.39, 0.29) is 32.1 Å². The summed E-state index contributed by atoms with van der Waals surface area (Å²) in [7, 11) is 0. The first-order chi connectivity index (χ1) is 12.8. The van der Waals surface area contributed by atoms with Crippen LogP contribution < -0.4 is 24.3 Å². The van der Waals surface area contributed by atoms with Gasteiger partial charge >= 0.3 is 5.97 Å². The van der Waals surface area contributed by atoms with Crippen LogP contribution in [0.4, 0.5) is 5.69 Å². The lowest BCUT2D eigenvalue weighted by Gasteiger charge is -2.27. The third-order valence-corrected chi connectivity index (χ3v) is 5.05. The third-order valence-electron chi connectivity index (χ3n) is 5.05. The highest BCUT2D eigenvalue weighted by Gasteiger charge is 2.40. The molecule has 7 heteroatoms. The third kappa shape index (κ3) is 1.79. The van der Waals surface area contributed by atoms with Crippen LogP contribution in [0.2, 0.25) is 0 Å². The summed E-state index contributed by atoms with van der Waals surface area (Å²) >= 11 is 0. The quantitative estimate of drug-likeness (QED) is 0.791. The highest BCUT2D eigenvalue weighted by atomic mass is 16.7. The summed E-state index contributed by atoms with van der Waals surface area (Å²) in [6.45, 7) is 0.640. The lowest BCUT2D eigenvalue weighted by molar-refractivity contribution is -0.136. The van der Waals surface area contributed by atoms with Gasteiger partial charge < -0.3 is 29.0 Å². The summed E-state index contributed by atoms with van der Waals surface area (Å²) < 4.78 is 27.2. The molecule has 0 amide bonds. The average molecular weight is 351 g/mol. The van der Waals surface area contributed by atoms with Gasteiger partial charge in [0.05, 0.1) is 11.3 Å². The second-order valence-electron chi connectivity index (χ2n) is 6.43. The van der Waals surface area contributed by atoms with Gasteiger partial charge in [-0.15, -0.1) is 0 Å². The predicted octanol–water partition coefficient (Wildman–Crippen LogP) is 2.51. The number of carbonyl (C=O) groups excluding carboxylic acids is 1. The fraction of sp³-hybridized carbons (Fsp3) is 0.211. The number of ether oxygens (including phenoxy) is 5. The van der Waals surface area contributed by atoms with Gasteiger partial charge in [-0.1, -0.05) is 6.07 Å². The van der Waals surface area contributed by atoms with Gasteiger partial charge in [0.15, 0.2) is 23.0 Å². The van der Waals surface area contributed by atoms with Crippen LogP contribution in [0.3, 0.4) is 0 Å². The predicted molar refractivity (Wildman–Crippen MR) is 88.6 cm³/mol. The second kappa shape index (κ2) is 4.85. The Bertz CT molecular complexity index is 1010. The van der Waals surface area contributed by atoms with Crippen molar-refractivity contribution in [1.82, 2.24) is 0 Å². The molecule has 0 saturated heterocycles. The normalized spacial score (nSPS) is 21.2. The number of rotatable bonds is 1. The molecule has 0 aliphatic carbocycles. The maximum absolute atomic E-state index is 12.4. The molecule has 2 aromatic carbocycles. The van der Waals surface area contributed by atoms with Gasteiger partial charge in [-0.2, -0.15) is 0 Å². The fourth-order valence-corrected chi connectivity index (χ4v) is 3.87. The van der Waals surface area contributed by atoms with Crippen LogP contribution in [0.5, 0.6) is 23.0 Å². The van der Waals surface area contributed by atoms with Crippen molar-refractivity contribution in [1.29, 1.82) is 0 Å². The highest BCUT2D eigenvalue weighted by molar-refractivity contribution is 5.97. The highest BCUT2D eigenvalue weighted by Crippen LogP contribution is 2.50. The molecule has 0 saturated carbocycles. The molecule has 130 valence electrons. The van der Waals surface area contributed by atoms with Crippen LogP contribution in [-0.4, -0.2) is 26.2 Å². The first-order valence-corrected chi connectivity index (χ1v) is 8.28. The number of nitrogens with one attached hydrogen (secondary N) is 1. The summed E-state index contributed by atoms with van der Waals surface area (Å²) in [5.41, 5.74) is 4.15. The van der Waals surface area contributed by atoms with Crippen LogP contribution in [-0.2, 0) is 9.53 Å². The van der Waals surface area contributed by atoms with Crippen molar-refractivity contribution >= 4 is 11.7 Å². The van der Waals surface area contributed by atoms with Crippen molar-refractivity contribution in [2.45, 2.75) is 5.92 Å². The van der Waals surface area contributed by atoms with E-state index < -0.39 is 0 Å². The number of benzene rings is 2. The van der Waals surface area contributed by atoms with Gasteiger partial charge in [-0.3, -0.25) is 0 Å². The van der Waals surface area contributed by atoms with E-state index in [1.807, 2.05) is 30.3 Å². The molecule has 1 atom stereocenters. The minimum absolute atomic E-state index is 0.197. The fourth-order valence-electron chi connectivity index (χ4n) is 3.87. The maximum atomic E-state index is 12.4. The number of esters is 1. The van der Waals surface area contributed by atoms with Crippen LogP contribution in [0.1, 0.15) is 17.0 Å². The van der Waals surface area contributed by atoms with E-state index in [4.69, 9.17) is 23.7 Å². The molecule has 4 heterocycles. The van der Waals surface area contributed by atoms with Crippen molar-refractivity contribution in [2.75, 3.05) is 25.5 Å². The van der Waals surface area contributed by atoms with Gasteiger partial charge in [0.2, 0.25) is 13.6 Å². The Morgan fingerprint density at radius 2 is 1.58 bits per heavy atom. The van der Waals surface area contributed by atoms with Gasteiger partial charge in [-0.25, -0.2) is 4.79 Å². The van der Waals surface area contributed by atoms with Gasteiger partial charge in [-0.05, 0) is 29.3 Å². The summed E-state index contributed by atoms with van der Waals surface area (Å²) in [5.74, 6) is 2.16. The average Bonchev–Trinajstić information content (AvgIpc) is 3.37. The topological polar surface area (TPSA) is 75.3 Å². The molecule has 1 N–H and O–H groups in total. The monoisotopic (exact) mass is 351 g/mol. The number of hydrogen-bond donors (Lipinski definition) is 1. The summed E-state index contributed by atoms with van der Waals surface area (Å²) in [6.07, 6.45) is 0. The maximum Gasteiger partial charge on any atom is 0.337 e. The molecular weight excluding hydrogens is 338 g/mol. The van der Waals surface area contributed by atoms with Crippen molar-refractivity contribution in [2.24, 2.45) is 0 Å². The van der Waals surface area contributed by atoms with Gasteiger partial charge in [0.25, 0.3) is 0 Å². The van der Waals surface area contributed by atoms with E-state index in [0.29, 0.717) is 28.6 Å². The van der Waals surface area contributed by atoms with E-state index in [1.54, 1.807) is 0 Å². The summed E-state index contributed by atoms with van der Waals surface area (Å²) in [6, 6.07) is 9.57. The minimum atomic E-state index is -0.307. The van der Waals surface area contributed by atoms with E-state index in [2.05, 4.69) is 5.32 Å². The first kappa shape index (κ1) is 13.9. The molecule has 4 aliphatic heterocycles. The Morgan fingerprint density at radius 1 is 0.846 bits per heavy atom. The van der Waals surface area contributed by atoms with Crippen molar-refractivity contribution in [3.05, 3.63) is 52.7 Å². The zero-order chi connectivity index (χ0) is 17.3. The molecule has 0 spiro atoms. The Hall–Kier alpha value is -3.35. The molecule has 6 rings (SSSR count). The summed E-state index contributed by atoms with van der Waals surface area (Å²) in [4.78, 5) is 12.4. The standard InChI is InChI=1S/C19H13NO6/c21-19-18-12(6-22-19)20-11-5-16-15(25-8-26-16)4-10(11)17(18)9-1-2-13-14(3-9)24-7-23-13/h1-5,17,20H,6-8H2. The van der Waals surface area contributed by atoms with Crippen LogP contribution in [0.25, 0.3) is 0 Å². The number of anilines is 1. The molecule has 0 aromatic heterocycles. The number of cyclic esters (lactones) is 1. The van der Waals surface area contributed by atoms with Gasteiger partial charge in [0.1, 0.15) is 6.61 Å². The molecule has 2 aromatic rings. The molecule has 4 aliphatic rings. The number of carbonyl (C=O) groups is 1. The number of fused-ring (bicyclic) bond motifs is 3. The van der Waals surface area contributed by atoms with E-state index in [0.717, 1.165) is 22.5 Å². The first-order valence-electron chi connectivity index (χ1n) is 8.28. The molecule has 0 fully saturated rings. The van der Waals surface area contributed by atoms with Crippen molar-refractivity contribution < 1.29 is 28.5 Å². The largest absolute Gasteiger partial charge is 0.456 e. The van der Waals surface area contributed by atoms with Crippen LogP contribution in [0, 0.1) is 0 Å². The molecule has 0 bridgehead atoms. The molecule has 0 radical (unpaired) electrons. The second-order valence-corrected chi connectivity index (χ2v) is 6.43. The Kier molecular flexibility index (Phi) is 2.59. The zero-order valence-electron chi connectivity index (χ0n) is 13.5. The molecule has 7 nitrogen and oxygen atoms in total. The molecule has 26 heavy (non-hydrogen) atoms. The molecule has 1 unspecified atom stereocenters. The Balaban J connectivity index is 1.57. The van der Waals surface area contributed by atoms with Crippen LogP contribution >= 0.6 is 0 Å². The van der Waals surface area contributed by atoms with Crippen molar-refractivity contribution in [3.63, 3.8) is 0 Å². The van der Waals surface area contributed by atoms with E-state index in [9.17, 15) is 4.79 Å². The SMILES string of the molecule is O=C1OCC2=C1C(c1ccc3c(c1)OCO3)c1cc3c(cc1N2)OCO3. The van der Waals surface area contributed by atoms with Crippen LogP contribution in [0.15, 0.2) is 41.6 Å². The Morgan fingerprint density at radius 3 is 2.42 bits per heavy atom. The zero-order valence-corrected chi connectivity index (χ0v) is 13.5. The minimum Gasteiger partial charge on any atom is -0.456 e. The number of hydrogen-bond acceptors (Lipinski definition) is 7. The van der Waals surface area contributed by atoms with Gasteiger partial charge in [0, 0.05) is 17.7 Å². The van der Waals surface area contributed by atoms with E-state index >= 15 is 0 Å². The lowest BCUT2D eigenvalue weighted by Crippen LogP contribution is -2.19. The summed E-state index contributed by atoms with van der Waals surface area (Å²) in [5, 5.41) is 3.31. The van der Waals surface area contributed by atoms with Crippen molar-refractivity contribution in [3.8, 4) is 23.0 Å². The Labute approximate surface area is 148 Å².